The van der Waals surface area contributed by atoms with Gasteiger partial charge in [-0.1, -0.05) is 18.2 Å². The lowest BCUT2D eigenvalue weighted by Gasteiger charge is -2.19. The number of ether oxygens (including phenoxy) is 1. The first kappa shape index (κ1) is 12.2. The van der Waals surface area contributed by atoms with Crippen molar-refractivity contribution in [1.29, 1.82) is 0 Å². The third kappa shape index (κ3) is 1.79. The molecule has 2 aromatic rings. The van der Waals surface area contributed by atoms with Crippen LogP contribution in [0.25, 0.3) is 0 Å². The fourth-order valence-electron chi connectivity index (χ4n) is 3.61. The van der Waals surface area contributed by atoms with Crippen molar-refractivity contribution in [2.45, 2.75) is 37.6 Å². The van der Waals surface area contributed by atoms with Crippen molar-refractivity contribution < 1.29 is 9.57 Å². The Balaban J connectivity index is 1.33. The molecule has 5 unspecified atom stereocenters. The second kappa shape index (κ2) is 4.09. The van der Waals surface area contributed by atoms with Crippen molar-refractivity contribution in [2.24, 2.45) is 5.92 Å². The largest absolute Gasteiger partial charge is 0.403 e. The lowest BCUT2D eigenvalue weighted by atomic mass is 10.1. The van der Waals surface area contributed by atoms with Gasteiger partial charge in [-0.3, -0.25) is 0 Å². The van der Waals surface area contributed by atoms with E-state index in [-0.39, 0.29) is 11.8 Å². The molecule has 0 radical (unpaired) electrons. The predicted octanol–water partition coefficient (Wildman–Crippen LogP) is 3.70. The number of benzene rings is 1. The maximum absolute atomic E-state index is 6.39. The van der Waals surface area contributed by atoms with Crippen molar-refractivity contribution in [3.05, 3.63) is 52.2 Å². The van der Waals surface area contributed by atoms with Crippen LogP contribution in [0.4, 0.5) is 0 Å². The van der Waals surface area contributed by atoms with E-state index in [1.165, 1.54) is 23.3 Å². The topological polar surface area (TPSA) is 21.5 Å². The summed E-state index contributed by atoms with van der Waals surface area (Å²) in [6.45, 7) is 2.08. The van der Waals surface area contributed by atoms with Gasteiger partial charge in [-0.05, 0) is 54.8 Å². The predicted molar refractivity (Wildman–Crippen MR) is 81.0 cm³/mol. The Kier molecular flexibility index (Phi) is 2.38. The number of fused-ring (bicyclic) bond motifs is 2. The zero-order chi connectivity index (χ0) is 14.0. The highest BCUT2D eigenvalue weighted by Crippen LogP contribution is 2.65. The van der Waals surface area contributed by atoms with Crippen LogP contribution in [0.2, 0.25) is 0 Å². The maximum Gasteiger partial charge on any atom is 0.164 e. The molecule has 0 bridgehead atoms. The molecule has 1 aromatic heterocycles. The number of hydrogen-bond acceptors (Lipinski definition) is 4. The molecule has 3 fully saturated rings. The van der Waals surface area contributed by atoms with E-state index in [4.69, 9.17) is 9.57 Å². The van der Waals surface area contributed by atoms with Crippen LogP contribution in [0.1, 0.15) is 23.3 Å². The smallest absolute Gasteiger partial charge is 0.164 e. The third-order valence-corrected chi connectivity index (χ3v) is 5.89. The van der Waals surface area contributed by atoms with Crippen LogP contribution < -0.4 is 4.84 Å². The van der Waals surface area contributed by atoms with Crippen LogP contribution in [0.15, 0.2) is 41.8 Å². The average Bonchev–Trinajstić information content (AvgIpc) is 3.25. The Labute approximate surface area is 128 Å². The molecule has 0 amide bonds. The van der Waals surface area contributed by atoms with E-state index in [1.807, 2.05) is 28.5 Å². The molecule has 3 heterocycles. The minimum Gasteiger partial charge on any atom is -0.403 e. The quantitative estimate of drug-likeness (QED) is 0.807. The van der Waals surface area contributed by atoms with E-state index in [2.05, 4.69) is 36.6 Å². The Morgan fingerprint density at radius 3 is 3.10 bits per heavy atom. The fourth-order valence-corrected chi connectivity index (χ4v) is 4.57. The molecule has 0 spiro atoms. The molecule has 3 aliphatic rings. The van der Waals surface area contributed by atoms with Gasteiger partial charge in [0.15, 0.2) is 6.23 Å². The lowest BCUT2D eigenvalue weighted by molar-refractivity contribution is -0.0780. The molecule has 3 nitrogen and oxygen atoms in total. The minimum atomic E-state index is 0.0000475. The standard InChI is InChI=1S/C17H17NO2S/c1-11-4-2-5-13(8-11)20-18-14-9-12-10-17(12,19-16(14)18)15-6-3-7-21-15/h2-8,12,14,16H,9-10H2,1H3. The number of thiophene rings is 1. The van der Waals surface area contributed by atoms with Gasteiger partial charge in [0.1, 0.15) is 11.4 Å². The number of aryl methyl sites for hydroxylation is 1. The number of rotatable bonds is 3. The van der Waals surface area contributed by atoms with Gasteiger partial charge < -0.3 is 9.57 Å². The molecule has 2 saturated heterocycles. The molecule has 1 aliphatic carbocycles. The van der Waals surface area contributed by atoms with Crippen LogP contribution in [-0.2, 0) is 10.3 Å². The normalized spacial score (nSPS) is 39.3. The van der Waals surface area contributed by atoms with E-state index in [0.29, 0.717) is 12.0 Å². The van der Waals surface area contributed by atoms with E-state index >= 15 is 0 Å². The van der Waals surface area contributed by atoms with Crippen molar-refractivity contribution >= 4 is 11.3 Å². The van der Waals surface area contributed by atoms with Crippen LogP contribution in [0, 0.1) is 12.8 Å². The minimum absolute atomic E-state index is 0.0000475. The molecule has 21 heavy (non-hydrogen) atoms. The van der Waals surface area contributed by atoms with Crippen LogP contribution in [-0.4, -0.2) is 17.3 Å². The Morgan fingerprint density at radius 2 is 2.29 bits per heavy atom. The van der Waals surface area contributed by atoms with Crippen molar-refractivity contribution in [2.75, 3.05) is 0 Å². The van der Waals surface area contributed by atoms with Gasteiger partial charge in [-0.2, -0.15) is 0 Å². The molecular weight excluding hydrogens is 282 g/mol. The zero-order valence-corrected chi connectivity index (χ0v) is 12.7. The van der Waals surface area contributed by atoms with Crippen molar-refractivity contribution in [3.8, 4) is 5.75 Å². The summed E-state index contributed by atoms with van der Waals surface area (Å²) < 4.78 is 6.39. The summed E-state index contributed by atoms with van der Waals surface area (Å²) >= 11 is 1.81. The number of nitrogens with zero attached hydrogens (tertiary/aromatic N) is 1. The Bertz CT molecular complexity index is 686. The summed E-state index contributed by atoms with van der Waals surface area (Å²) in [6, 6.07) is 13.0. The van der Waals surface area contributed by atoms with Gasteiger partial charge in [0.2, 0.25) is 0 Å². The first-order valence-corrected chi connectivity index (χ1v) is 8.39. The summed E-state index contributed by atoms with van der Waals surface area (Å²) in [6.07, 6.45) is 2.50. The molecule has 4 heteroatoms. The van der Waals surface area contributed by atoms with E-state index in [1.54, 1.807) is 0 Å². The number of hydrogen-bond donors (Lipinski definition) is 0. The summed E-state index contributed by atoms with van der Waals surface area (Å²) in [5, 5.41) is 4.17. The SMILES string of the molecule is Cc1cccc(ON2C3CC4CC4(c4cccs4)OC32)c1. The molecule has 1 aromatic carbocycles. The highest BCUT2D eigenvalue weighted by molar-refractivity contribution is 7.10. The van der Waals surface area contributed by atoms with Crippen molar-refractivity contribution in [1.82, 2.24) is 5.06 Å². The van der Waals surface area contributed by atoms with E-state index in [9.17, 15) is 0 Å². The van der Waals surface area contributed by atoms with Crippen LogP contribution >= 0.6 is 11.3 Å². The first-order valence-electron chi connectivity index (χ1n) is 7.51. The summed E-state index contributed by atoms with van der Waals surface area (Å²) in [5.41, 5.74) is 1.22. The highest BCUT2D eigenvalue weighted by Gasteiger charge is 2.71. The molecule has 108 valence electrons. The van der Waals surface area contributed by atoms with Gasteiger partial charge in [0.25, 0.3) is 0 Å². The van der Waals surface area contributed by atoms with E-state index < -0.39 is 0 Å². The van der Waals surface area contributed by atoms with Gasteiger partial charge >= 0.3 is 0 Å². The van der Waals surface area contributed by atoms with Gasteiger partial charge in [-0.15, -0.1) is 16.4 Å². The molecular formula is C17H17NO2S. The second-order valence-electron chi connectivity index (χ2n) is 6.35. The summed E-state index contributed by atoms with van der Waals surface area (Å²) in [4.78, 5) is 7.38. The summed E-state index contributed by atoms with van der Waals surface area (Å²) in [7, 11) is 0. The number of hydroxylamine groups is 2. The monoisotopic (exact) mass is 299 g/mol. The Morgan fingerprint density at radius 1 is 1.33 bits per heavy atom. The average molecular weight is 299 g/mol. The highest BCUT2D eigenvalue weighted by atomic mass is 32.1. The molecule has 0 N–H and O–H groups in total. The fraction of sp³-hybridized carbons (Fsp3) is 0.412. The molecule has 1 saturated carbocycles. The van der Waals surface area contributed by atoms with Gasteiger partial charge in [-0.25, -0.2) is 0 Å². The molecule has 5 rings (SSSR count). The van der Waals surface area contributed by atoms with Crippen LogP contribution in [0.5, 0.6) is 5.75 Å². The molecule has 2 aliphatic heterocycles. The zero-order valence-electron chi connectivity index (χ0n) is 11.9. The van der Waals surface area contributed by atoms with E-state index in [0.717, 1.165) is 5.75 Å². The molecule has 5 atom stereocenters. The second-order valence-corrected chi connectivity index (χ2v) is 7.29. The van der Waals surface area contributed by atoms with Crippen molar-refractivity contribution in [3.63, 3.8) is 0 Å². The first-order chi connectivity index (χ1) is 10.3. The van der Waals surface area contributed by atoms with Gasteiger partial charge in [0, 0.05) is 4.88 Å². The lowest BCUT2D eigenvalue weighted by Crippen LogP contribution is -2.22. The van der Waals surface area contributed by atoms with Gasteiger partial charge in [0.05, 0.1) is 6.04 Å². The Hall–Kier alpha value is -1.36. The summed E-state index contributed by atoms with van der Waals surface area (Å²) in [5.74, 6) is 1.58. The third-order valence-electron chi connectivity index (χ3n) is 4.86. The van der Waals surface area contributed by atoms with Crippen LogP contribution in [0.3, 0.4) is 0 Å². The maximum atomic E-state index is 6.39.